The predicted molar refractivity (Wildman–Crippen MR) is 110 cm³/mol. The summed E-state index contributed by atoms with van der Waals surface area (Å²) in [5.41, 5.74) is 8.83. The van der Waals surface area contributed by atoms with Gasteiger partial charge < -0.3 is 10.5 Å². The number of ketones is 1. The Bertz CT molecular complexity index is 958. The van der Waals surface area contributed by atoms with Gasteiger partial charge in [0.25, 0.3) is 0 Å². The highest BCUT2D eigenvalue weighted by Gasteiger charge is 2.20. The molecule has 3 rings (SSSR count). The van der Waals surface area contributed by atoms with Crippen LogP contribution in [0.25, 0.3) is 5.57 Å². The van der Waals surface area contributed by atoms with E-state index in [4.69, 9.17) is 22.7 Å². The van der Waals surface area contributed by atoms with Gasteiger partial charge in [0.2, 0.25) is 0 Å². The Morgan fingerprint density at radius 2 is 1.81 bits per heavy atom. The van der Waals surface area contributed by atoms with Crippen molar-refractivity contribution in [2.45, 2.75) is 19.3 Å². The Hall–Kier alpha value is -3.05. The number of esters is 1. The summed E-state index contributed by atoms with van der Waals surface area (Å²) in [6.07, 6.45) is 5.48. The van der Waals surface area contributed by atoms with Crippen molar-refractivity contribution in [2.75, 3.05) is 0 Å². The molecule has 0 fully saturated rings. The largest absolute Gasteiger partial charge is 0.425 e. The van der Waals surface area contributed by atoms with Crippen molar-refractivity contribution in [3.05, 3.63) is 83.4 Å². The van der Waals surface area contributed by atoms with Crippen LogP contribution < -0.4 is 10.5 Å². The van der Waals surface area contributed by atoms with Crippen LogP contribution in [0.1, 0.15) is 36.0 Å². The molecule has 0 spiro atoms. The summed E-state index contributed by atoms with van der Waals surface area (Å²) in [7, 11) is 0. The molecule has 0 bridgehead atoms. The van der Waals surface area contributed by atoms with Crippen LogP contribution in [0.5, 0.6) is 5.75 Å². The van der Waals surface area contributed by atoms with E-state index in [1.54, 1.807) is 37.3 Å². The maximum atomic E-state index is 12.7. The number of allylic oxidation sites excluding steroid dienone is 4. The fraction of sp³-hybridized carbons (Fsp3) is 0.136. The maximum absolute atomic E-state index is 12.7. The highest BCUT2D eigenvalue weighted by Crippen LogP contribution is 2.30. The summed E-state index contributed by atoms with van der Waals surface area (Å²) < 4.78 is 5.67. The van der Waals surface area contributed by atoms with Gasteiger partial charge in [0.05, 0.1) is 5.92 Å². The number of hydrogen-bond donors (Lipinski definition) is 1. The summed E-state index contributed by atoms with van der Waals surface area (Å²) >= 11 is 4.95. The number of carbonyl (C=O) groups is 2. The van der Waals surface area contributed by atoms with Crippen LogP contribution in [-0.4, -0.2) is 16.7 Å². The third-order valence-corrected chi connectivity index (χ3v) is 4.67. The van der Waals surface area contributed by atoms with E-state index < -0.39 is 5.92 Å². The van der Waals surface area contributed by atoms with Crippen LogP contribution in [0.4, 0.5) is 0 Å². The minimum Gasteiger partial charge on any atom is -0.425 e. The summed E-state index contributed by atoms with van der Waals surface area (Å²) in [5.74, 6) is -0.278. The quantitative estimate of drug-likeness (QED) is 0.485. The van der Waals surface area contributed by atoms with E-state index in [9.17, 15) is 9.59 Å². The van der Waals surface area contributed by atoms with E-state index >= 15 is 0 Å². The Kier molecular flexibility index (Phi) is 5.62. The van der Waals surface area contributed by atoms with E-state index in [0.717, 1.165) is 22.3 Å². The molecule has 1 aliphatic carbocycles. The van der Waals surface area contributed by atoms with Gasteiger partial charge in [-0.2, -0.15) is 0 Å². The molecule has 2 N–H and O–H groups in total. The lowest BCUT2D eigenvalue weighted by Crippen LogP contribution is -2.17. The number of rotatable bonds is 5. The molecule has 2 aromatic rings. The molecule has 0 saturated heterocycles. The monoisotopic (exact) mass is 377 g/mol. The van der Waals surface area contributed by atoms with Crippen molar-refractivity contribution in [1.29, 1.82) is 0 Å². The van der Waals surface area contributed by atoms with Crippen LogP contribution in [0, 0.1) is 0 Å². The number of hydrogen-bond acceptors (Lipinski definition) is 4. The standard InChI is InChI=1S/C22H19NO3S/c1-14(15-6-8-17(9-7-15)21(23)27)22(25)26-20-5-3-2-4-19(20)16-10-12-18(24)13-11-16/h2-12,14H,13H2,1H3,(H2,23,27). The molecule has 1 unspecified atom stereocenters. The molecular formula is C22H19NO3S. The van der Waals surface area contributed by atoms with Gasteiger partial charge in [0.15, 0.2) is 5.78 Å². The zero-order valence-electron chi connectivity index (χ0n) is 14.8. The Morgan fingerprint density at radius 1 is 1.11 bits per heavy atom. The van der Waals surface area contributed by atoms with Crippen LogP contribution in [0.3, 0.4) is 0 Å². The van der Waals surface area contributed by atoms with Gasteiger partial charge in [0, 0.05) is 17.5 Å². The lowest BCUT2D eigenvalue weighted by molar-refractivity contribution is -0.135. The molecule has 5 heteroatoms. The van der Waals surface area contributed by atoms with E-state index in [2.05, 4.69) is 0 Å². The molecular weight excluding hydrogens is 358 g/mol. The smallest absolute Gasteiger partial charge is 0.318 e. The maximum Gasteiger partial charge on any atom is 0.318 e. The number of carbonyl (C=O) groups excluding carboxylic acids is 2. The molecule has 2 aromatic carbocycles. The molecule has 4 nitrogen and oxygen atoms in total. The van der Waals surface area contributed by atoms with E-state index in [0.29, 0.717) is 17.2 Å². The highest BCUT2D eigenvalue weighted by atomic mass is 32.1. The normalized spacial score (nSPS) is 14.4. The van der Waals surface area contributed by atoms with Crippen molar-refractivity contribution in [1.82, 2.24) is 0 Å². The molecule has 1 atom stereocenters. The third-order valence-electron chi connectivity index (χ3n) is 4.43. The number of ether oxygens (including phenoxy) is 1. The molecule has 0 aromatic heterocycles. The molecule has 1 aliphatic rings. The zero-order valence-corrected chi connectivity index (χ0v) is 15.7. The molecule has 0 aliphatic heterocycles. The zero-order chi connectivity index (χ0) is 19.4. The van der Waals surface area contributed by atoms with Crippen molar-refractivity contribution < 1.29 is 14.3 Å². The van der Waals surface area contributed by atoms with Crippen LogP contribution in [0.15, 0.2) is 66.8 Å². The van der Waals surface area contributed by atoms with Gasteiger partial charge in [-0.1, -0.05) is 66.8 Å². The first-order chi connectivity index (χ1) is 13.0. The SMILES string of the molecule is CC(C(=O)Oc1ccccc1C1=CCC(=O)C=C1)c1ccc(C(N)=S)cc1. The minimum atomic E-state index is -0.448. The Balaban J connectivity index is 1.79. The van der Waals surface area contributed by atoms with Gasteiger partial charge in [-0.3, -0.25) is 9.59 Å². The highest BCUT2D eigenvalue weighted by molar-refractivity contribution is 7.80. The van der Waals surface area contributed by atoms with E-state index in [-0.39, 0.29) is 11.8 Å². The Morgan fingerprint density at radius 3 is 2.44 bits per heavy atom. The first kappa shape index (κ1) is 18.7. The van der Waals surface area contributed by atoms with Gasteiger partial charge >= 0.3 is 5.97 Å². The van der Waals surface area contributed by atoms with Gasteiger partial charge in [-0.15, -0.1) is 0 Å². The predicted octanol–water partition coefficient (Wildman–Crippen LogP) is 3.94. The summed E-state index contributed by atoms with van der Waals surface area (Å²) in [4.78, 5) is 24.4. The van der Waals surface area contributed by atoms with Gasteiger partial charge in [0.1, 0.15) is 10.7 Å². The minimum absolute atomic E-state index is 0.0576. The van der Waals surface area contributed by atoms with Gasteiger partial charge in [-0.25, -0.2) is 0 Å². The first-order valence-electron chi connectivity index (χ1n) is 8.57. The molecule has 0 heterocycles. The number of thiocarbonyl (C=S) groups is 1. The summed E-state index contributed by atoms with van der Waals surface area (Å²) in [6, 6.07) is 14.5. The van der Waals surface area contributed by atoms with E-state index in [1.807, 2.05) is 36.4 Å². The number of benzene rings is 2. The third kappa shape index (κ3) is 4.38. The summed E-state index contributed by atoms with van der Waals surface area (Å²) in [5, 5.41) is 0. The number of para-hydroxylation sites is 1. The second kappa shape index (κ2) is 8.10. The average Bonchev–Trinajstić information content (AvgIpc) is 2.68. The lowest BCUT2D eigenvalue weighted by Gasteiger charge is -2.16. The second-order valence-electron chi connectivity index (χ2n) is 6.29. The number of nitrogens with two attached hydrogens (primary N) is 1. The average molecular weight is 377 g/mol. The molecule has 0 radical (unpaired) electrons. The lowest BCUT2D eigenvalue weighted by atomic mass is 9.98. The fourth-order valence-corrected chi connectivity index (χ4v) is 2.93. The topological polar surface area (TPSA) is 69.4 Å². The van der Waals surface area contributed by atoms with Crippen molar-refractivity contribution >= 4 is 34.5 Å². The van der Waals surface area contributed by atoms with Crippen LogP contribution in [0.2, 0.25) is 0 Å². The van der Waals surface area contributed by atoms with E-state index in [1.165, 1.54) is 0 Å². The van der Waals surface area contributed by atoms with Crippen molar-refractivity contribution in [3.63, 3.8) is 0 Å². The fourth-order valence-electron chi connectivity index (χ4n) is 2.79. The van der Waals surface area contributed by atoms with Crippen molar-refractivity contribution in [2.24, 2.45) is 5.73 Å². The van der Waals surface area contributed by atoms with Crippen LogP contribution >= 0.6 is 12.2 Å². The molecule has 136 valence electrons. The molecule has 0 amide bonds. The molecule has 27 heavy (non-hydrogen) atoms. The summed E-state index contributed by atoms with van der Waals surface area (Å²) in [6.45, 7) is 1.79. The van der Waals surface area contributed by atoms with Crippen LogP contribution in [-0.2, 0) is 9.59 Å². The Labute approximate surface area is 163 Å². The molecule has 0 saturated carbocycles. The second-order valence-corrected chi connectivity index (χ2v) is 6.73. The first-order valence-corrected chi connectivity index (χ1v) is 8.98. The van der Waals surface area contributed by atoms with Crippen molar-refractivity contribution in [3.8, 4) is 5.75 Å². The van der Waals surface area contributed by atoms with Gasteiger partial charge in [-0.05, 0) is 30.2 Å².